The third kappa shape index (κ3) is 1.46. The number of hydrogen-bond donors (Lipinski definition) is 1. The maximum atomic E-state index is 5.92. The summed E-state index contributed by atoms with van der Waals surface area (Å²) in [5.41, 5.74) is 7.60. The van der Waals surface area contributed by atoms with Gasteiger partial charge in [0, 0.05) is 24.2 Å². The Hall–Kier alpha value is -1.84. The molecule has 0 bridgehead atoms. The zero-order chi connectivity index (χ0) is 11.0. The topological polar surface area (TPSA) is 56.7 Å². The fourth-order valence-corrected chi connectivity index (χ4v) is 2.10. The lowest BCUT2D eigenvalue weighted by atomic mass is 10.1. The van der Waals surface area contributed by atoms with Crippen molar-refractivity contribution in [2.45, 2.75) is 25.8 Å². The van der Waals surface area contributed by atoms with Crippen LogP contribution in [0.1, 0.15) is 18.7 Å². The zero-order valence-corrected chi connectivity index (χ0v) is 9.06. The number of nitrogen functional groups attached to an aromatic ring is 1. The van der Waals surface area contributed by atoms with Gasteiger partial charge in [-0.05, 0) is 25.0 Å². The van der Waals surface area contributed by atoms with Crippen molar-refractivity contribution in [2.75, 3.05) is 5.73 Å². The molecule has 16 heavy (non-hydrogen) atoms. The molecule has 0 saturated carbocycles. The minimum absolute atomic E-state index is 0.741. The van der Waals surface area contributed by atoms with E-state index in [0.29, 0.717) is 0 Å². The summed E-state index contributed by atoms with van der Waals surface area (Å²) >= 11 is 0. The molecular weight excluding hydrogens is 200 g/mol. The highest BCUT2D eigenvalue weighted by Crippen LogP contribution is 2.24. The van der Waals surface area contributed by atoms with Crippen molar-refractivity contribution >= 4 is 5.69 Å². The number of para-hydroxylation sites is 1. The monoisotopic (exact) mass is 214 g/mol. The van der Waals surface area contributed by atoms with Crippen LogP contribution in [-0.2, 0) is 13.0 Å². The van der Waals surface area contributed by atoms with Crippen LogP contribution in [0.3, 0.4) is 0 Å². The summed E-state index contributed by atoms with van der Waals surface area (Å²) < 4.78 is 2.01. The molecule has 2 heterocycles. The number of hydrogen-bond acceptors (Lipinski definition) is 3. The molecule has 0 amide bonds. The van der Waals surface area contributed by atoms with Crippen molar-refractivity contribution in [1.82, 2.24) is 14.8 Å². The van der Waals surface area contributed by atoms with E-state index in [1.165, 1.54) is 12.8 Å². The standard InChI is InChI=1S/C12H14N4/c13-10-6-2-1-5-9(10)12-14-11-7-3-4-8-16(11)15-12/h1-2,5-6H,3-4,7-8,13H2. The Balaban J connectivity index is 2.07. The van der Waals surface area contributed by atoms with E-state index >= 15 is 0 Å². The van der Waals surface area contributed by atoms with E-state index in [0.717, 1.165) is 35.9 Å². The van der Waals surface area contributed by atoms with Gasteiger partial charge >= 0.3 is 0 Å². The highest BCUT2D eigenvalue weighted by atomic mass is 15.3. The minimum Gasteiger partial charge on any atom is -0.398 e. The summed E-state index contributed by atoms with van der Waals surface area (Å²) in [5, 5.41) is 4.51. The molecule has 0 saturated heterocycles. The molecule has 0 atom stereocenters. The molecule has 4 nitrogen and oxygen atoms in total. The number of benzene rings is 1. The van der Waals surface area contributed by atoms with Gasteiger partial charge in [0.15, 0.2) is 5.82 Å². The number of rotatable bonds is 1. The van der Waals surface area contributed by atoms with Gasteiger partial charge in [-0.2, -0.15) is 5.10 Å². The van der Waals surface area contributed by atoms with Crippen LogP contribution in [0.5, 0.6) is 0 Å². The van der Waals surface area contributed by atoms with Gasteiger partial charge in [-0.3, -0.25) is 0 Å². The van der Waals surface area contributed by atoms with Crippen LogP contribution in [0.15, 0.2) is 24.3 Å². The second-order valence-corrected chi connectivity index (χ2v) is 4.12. The lowest BCUT2D eigenvalue weighted by Gasteiger charge is -2.09. The number of aryl methyl sites for hydroxylation is 2. The van der Waals surface area contributed by atoms with Crippen LogP contribution in [0, 0.1) is 0 Å². The lowest BCUT2D eigenvalue weighted by molar-refractivity contribution is 0.480. The first-order valence-electron chi connectivity index (χ1n) is 5.63. The van der Waals surface area contributed by atoms with Crippen molar-refractivity contribution in [2.24, 2.45) is 0 Å². The first-order chi connectivity index (χ1) is 7.84. The van der Waals surface area contributed by atoms with Gasteiger partial charge in [0.2, 0.25) is 0 Å². The summed E-state index contributed by atoms with van der Waals surface area (Å²) in [5.74, 6) is 1.85. The largest absolute Gasteiger partial charge is 0.398 e. The minimum atomic E-state index is 0.741. The third-order valence-electron chi connectivity index (χ3n) is 2.97. The van der Waals surface area contributed by atoms with Gasteiger partial charge in [0.05, 0.1) is 0 Å². The average molecular weight is 214 g/mol. The molecule has 0 fully saturated rings. The van der Waals surface area contributed by atoms with Crippen LogP contribution < -0.4 is 5.73 Å². The Labute approximate surface area is 94.1 Å². The zero-order valence-electron chi connectivity index (χ0n) is 9.06. The Kier molecular flexibility index (Phi) is 2.13. The second-order valence-electron chi connectivity index (χ2n) is 4.12. The molecule has 2 aromatic rings. The Morgan fingerprint density at radius 1 is 1.19 bits per heavy atom. The van der Waals surface area contributed by atoms with Crippen LogP contribution in [0.2, 0.25) is 0 Å². The molecule has 4 heteroatoms. The van der Waals surface area contributed by atoms with Gasteiger partial charge in [-0.15, -0.1) is 0 Å². The van der Waals surface area contributed by atoms with E-state index in [-0.39, 0.29) is 0 Å². The molecule has 0 aliphatic carbocycles. The quantitative estimate of drug-likeness (QED) is 0.737. The smallest absolute Gasteiger partial charge is 0.183 e. The molecule has 1 aliphatic rings. The van der Waals surface area contributed by atoms with Crippen LogP contribution in [0.25, 0.3) is 11.4 Å². The van der Waals surface area contributed by atoms with E-state index in [9.17, 15) is 0 Å². The van der Waals surface area contributed by atoms with Crippen molar-refractivity contribution in [1.29, 1.82) is 0 Å². The molecule has 1 aliphatic heterocycles. The fourth-order valence-electron chi connectivity index (χ4n) is 2.10. The van der Waals surface area contributed by atoms with Crippen molar-refractivity contribution < 1.29 is 0 Å². The molecule has 0 spiro atoms. The number of anilines is 1. The number of nitrogens with zero attached hydrogens (tertiary/aromatic N) is 3. The SMILES string of the molecule is Nc1ccccc1-c1nc2n(n1)CCCC2. The second kappa shape index (κ2) is 3.63. The maximum Gasteiger partial charge on any atom is 0.183 e. The van der Waals surface area contributed by atoms with E-state index in [1.54, 1.807) is 0 Å². The van der Waals surface area contributed by atoms with E-state index < -0.39 is 0 Å². The van der Waals surface area contributed by atoms with E-state index in [4.69, 9.17) is 5.73 Å². The van der Waals surface area contributed by atoms with Crippen molar-refractivity contribution in [3.05, 3.63) is 30.1 Å². The molecule has 0 unspecified atom stereocenters. The van der Waals surface area contributed by atoms with Crippen LogP contribution in [0.4, 0.5) is 5.69 Å². The van der Waals surface area contributed by atoms with Gasteiger partial charge in [0.1, 0.15) is 5.82 Å². The molecule has 0 radical (unpaired) electrons. The molecular formula is C12H14N4. The first kappa shape index (κ1) is 9.39. The van der Waals surface area contributed by atoms with Crippen molar-refractivity contribution in [3.8, 4) is 11.4 Å². The van der Waals surface area contributed by atoms with Crippen molar-refractivity contribution in [3.63, 3.8) is 0 Å². The molecule has 1 aromatic heterocycles. The van der Waals surface area contributed by atoms with E-state index in [1.807, 2.05) is 28.9 Å². The predicted octanol–water partition coefficient (Wildman–Crippen LogP) is 1.86. The maximum absolute atomic E-state index is 5.92. The van der Waals surface area contributed by atoms with Crippen LogP contribution >= 0.6 is 0 Å². The summed E-state index contributed by atoms with van der Waals surface area (Å²) in [4.78, 5) is 4.55. The fraction of sp³-hybridized carbons (Fsp3) is 0.333. The first-order valence-corrected chi connectivity index (χ1v) is 5.63. The predicted molar refractivity (Wildman–Crippen MR) is 62.8 cm³/mol. The Morgan fingerprint density at radius 3 is 2.88 bits per heavy atom. The summed E-state index contributed by atoms with van der Waals surface area (Å²) in [6.45, 7) is 0.981. The molecule has 3 rings (SSSR count). The lowest BCUT2D eigenvalue weighted by Crippen LogP contribution is -2.11. The average Bonchev–Trinajstić information content (AvgIpc) is 2.73. The van der Waals surface area contributed by atoms with Gasteiger partial charge in [0.25, 0.3) is 0 Å². The Bertz CT molecular complexity index is 492. The van der Waals surface area contributed by atoms with Gasteiger partial charge < -0.3 is 5.73 Å². The number of nitrogens with two attached hydrogens (primary N) is 1. The van der Waals surface area contributed by atoms with Gasteiger partial charge in [-0.25, -0.2) is 9.67 Å². The summed E-state index contributed by atoms with van der Waals surface area (Å²) in [6, 6.07) is 7.74. The number of aromatic nitrogens is 3. The molecule has 2 N–H and O–H groups in total. The normalized spacial score (nSPS) is 14.8. The number of fused-ring (bicyclic) bond motifs is 1. The molecule has 1 aromatic carbocycles. The van der Waals surface area contributed by atoms with Crippen LogP contribution in [-0.4, -0.2) is 14.8 Å². The van der Waals surface area contributed by atoms with E-state index in [2.05, 4.69) is 10.1 Å². The molecule has 82 valence electrons. The highest BCUT2D eigenvalue weighted by Gasteiger charge is 2.15. The summed E-state index contributed by atoms with van der Waals surface area (Å²) in [7, 11) is 0. The highest BCUT2D eigenvalue weighted by molar-refractivity contribution is 5.70. The summed E-state index contributed by atoms with van der Waals surface area (Å²) in [6.07, 6.45) is 3.43. The third-order valence-corrected chi connectivity index (χ3v) is 2.97. The van der Waals surface area contributed by atoms with Gasteiger partial charge in [-0.1, -0.05) is 12.1 Å². The Morgan fingerprint density at radius 2 is 2.06 bits per heavy atom.